The second-order valence-electron chi connectivity index (χ2n) is 7.51. The first kappa shape index (κ1) is 20.7. The van der Waals surface area contributed by atoms with Crippen molar-refractivity contribution in [1.29, 1.82) is 0 Å². The summed E-state index contributed by atoms with van der Waals surface area (Å²) in [6.45, 7) is 0.761. The molecule has 1 aliphatic heterocycles. The molecule has 1 fully saturated rings. The Bertz CT molecular complexity index is 1020. The number of aromatic nitrogens is 4. The van der Waals surface area contributed by atoms with Crippen LogP contribution in [0, 0.1) is 0 Å². The Morgan fingerprint density at radius 1 is 1.19 bits per heavy atom. The third-order valence-corrected chi connectivity index (χ3v) is 5.42. The highest BCUT2D eigenvalue weighted by atomic mass is 16.2. The molecule has 0 aliphatic carbocycles. The van der Waals surface area contributed by atoms with E-state index in [9.17, 15) is 9.59 Å². The molecule has 31 heavy (non-hydrogen) atoms. The number of nitrogens with two attached hydrogens (primary N) is 1. The summed E-state index contributed by atoms with van der Waals surface area (Å²) < 4.78 is 1.60. The minimum absolute atomic E-state index is 0.192. The number of carbonyl (C=O) groups excluding carboxylic acids is 2. The van der Waals surface area contributed by atoms with Crippen molar-refractivity contribution in [3.05, 3.63) is 72.6 Å². The highest BCUT2D eigenvalue weighted by Gasteiger charge is 2.36. The van der Waals surface area contributed by atoms with Crippen molar-refractivity contribution in [2.75, 3.05) is 6.54 Å². The van der Waals surface area contributed by atoms with E-state index in [4.69, 9.17) is 5.73 Å². The molecular weight excluding hydrogens is 394 g/mol. The van der Waals surface area contributed by atoms with Gasteiger partial charge < -0.3 is 16.0 Å². The summed E-state index contributed by atoms with van der Waals surface area (Å²) in [5.74, 6) is -0.393. The highest BCUT2D eigenvalue weighted by Crippen LogP contribution is 2.19. The van der Waals surface area contributed by atoms with E-state index in [1.165, 1.54) is 6.33 Å². The monoisotopic (exact) mass is 419 g/mol. The fourth-order valence-corrected chi connectivity index (χ4v) is 3.87. The zero-order valence-electron chi connectivity index (χ0n) is 17.1. The number of pyridine rings is 1. The van der Waals surface area contributed by atoms with E-state index >= 15 is 0 Å². The van der Waals surface area contributed by atoms with Crippen LogP contribution in [-0.2, 0) is 22.6 Å². The first-order valence-electron chi connectivity index (χ1n) is 10.3. The maximum Gasteiger partial charge on any atom is 0.243 e. The average Bonchev–Trinajstić information content (AvgIpc) is 3.50. The van der Waals surface area contributed by atoms with Gasteiger partial charge in [-0.1, -0.05) is 30.3 Å². The Labute approximate surface area is 180 Å². The first-order valence-corrected chi connectivity index (χ1v) is 10.3. The van der Waals surface area contributed by atoms with Crippen LogP contribution in [-0.4, -0.2) is 55.1 Å². The molecule has 3 N–H and O–H groups in total. The van der Waals surface area contributed by atoms with Crippen LogP contribution in [0.3, 0.4) is 0 Å². The summed E-state index contributed by atoms with van der Waals surface area (Å²) in [5, 5.41) is 7.05. The SMILES string of the molecule is N[C@H](Cc1ccccc1)C(=O)N1CCC[C@H]1C(=O)NCc1ncccc1-n1cncn1. The standard InChI is InChI=1S/C22H25N7O2/c23-17(12-16-6-2-1-3-7-16)22(31)28-11-5-9-20(28)21(30)26-13-18-19(8-4-10-25-18)29-15-24-14-27-29/h1-4,6-8,10,14-15,17,20H,5,9,11-13,23H2,(H,26,30)/t17-,20+/m1/s1. The predicted octanol–water partition coefficient (Wildman–Crippen LogP) is 0.840. The number of hydrogen-bond acceptors (Lipinski definition) is 6. The summed E-state index contributed by atoms with van der Waals surface area (Å²) in [6.07, 6.45) is 6.52. The third kappa shape index (κ3) is 4.77. The molecule has 9 nitrogen and oxygen atoms in total. The minimum Gasteiger partial charge on any atom is -0.349 e. The lowest BCUT2D eigenvalue weighted by atomic mass is 10.1. The molecule has 0 spiro atoms. The molecule has 0 unspecified atom stereocenters. The van der Waals surface area contributed by atoms with E-state index in [0.29, 0.717) is 25.1 Å². The van der Waals surface area contributed by atoms with Gasteiger partial charge in [0.2, 0.25) is 11.8 Å². The van der Waals surface area contributed by atoms with Crippen LogP contribution in [0.2, 0.25) is 0 Å². The fourth-order valence-electron chi connectivity index (χ4n) is 3.87. The van der Waals surface area contributed by atoms with Crippen molar-refractivity contribution in [1.82, 2.24) is 30.0 Å². The van der Waals surface area contributed by atoms with Crippen molar-refractivity contribution in [2.24, 2.45) is 5.73 Å². The molecule has 0 saturated carbocycles. The Morgan fingerprint density at radius 2 is 2.03 bits per heavy atom. The number of hydrogen-bond donors (Lipinski definition) is 2. The molecule has 2 atom stereocenters. The van der Waals surface area contributed by atoms with Gasteiger partial charge in [0, 0.05) is 12.7 Å². The smallest absolute Gasteiger partial charge is 0.243 e. The zero-order valence-corrected chi connectivity index (χ0v) is 17.1. The van der Waals surface area contributed by atoms with E-state index < -0.39 is 12.1 Å². The number of amides is 2. The Balaban J connectivity index is 1.39. The van der Waals surface area contributed by atoms with Crippen molar-refractivity contribution >= 4 is 11.8 Å². The summed E-state index contributed by atoms with van der Waals surface area (Å²) >= 11 is 0. The maximum atomic E-state index is 12.9. The molecule has 0 bridgehead atoms. The molecule has 9 heteroatoms. The van der Waals surface area contributed by atoms with Crippen molar-refractivity contribution < 1.29 is 9.59 Å². The Morgan fingerprint density at radius 3 is 2.81 bits per heavy atom. The lowest BCUT2D eigenvalue weighted by molar-refractivity contribution is -0.139. The molecule has 1 aliphatic rings. The largest absolute Gasteiger partial charge is 0.349 e. The second-order valence-corrected chi connectivity index (χ2v) is 7.51. The molecule has 3 aromatic rings. The number of carbonyl (C=O) groups is 2. The normalized spacial score (nSPS) is 16.8. The Kier molecular flexibility index (Phi) is 6.32. The summed E-state index contributed by atoms with van der Waals surface area (Å²) in [6, 6.07) is 12.1. The van der Waals surface area contributed by atoms with Gasteiger partial charge in [-0.3, -0.25) is 14.6 Å². The molecule has 3 heterocycles. The van der Waals surface area contributed by atoms with E-state index in [0.717, 1.165) is 17.7 Å². The number of rotatable bonds is 7. The maximum absolute atomic E-state index is 12.9. The third-order valence-electron chi connectivity index (χ3n) is 5.42. The van der Waals surface area contributed by atoms with Crippen LogP contribution < -0.4 is 11.1 Å². The molecule has 160 valence electrons. The van der Waals surface area contributed by atoms with Crippen LogP contribution in [0.4, 0.5) is 0 Å². The highest BCUT2D eigenvalue weighted by molar-refractivity contribution is 5.90. The molecule has 1 aromatic carbocycles. The number of benzene rings is 1. The molecule has 0 radical (unpaired) electrons. The lowest BCUT2D eigenvalue weighted by Crippen LogP contribution is -2.51. The molecule has 4 rings (SSSR count). The molecule has 2 amide bonds. The van der Waals surface area contributed by atoms with Crippen LogP contribution in [0.1, 0.15) is 24.1 Å². The minimum atomic E-state index is -0.675. The topological polar surface area (TPSA) is 119 Å². The lowest BCUT2D eigenvalue weighted by Gasteiger charge is -2.26. The van der Waals surface area contributed by atoms with E-state index in [-0.39, 0.29) is 18.4 Å². The van der Waals surface area contributed by atoms with Gasteiger partial charge in [0.05, 0.1) is 24.0 Å². The van der Waals surface area contributed by atoms with E-state index in [1.807, 2.05) is 36.4 Å². The van der Waals surface area contributed by atoms with Crippen molar-refractivity contribution in [2.45, 2.75) is 37.9 Å². The van der Waals surface area contributed by atoms with Gasteiger partial charge in [0.25, 0.3) is 0 Å². The van der Waals surface area contributed by atoms with Gasteiger partial charge in [-0.15, -0.1) is 0 Å². The van der Waals surface area contributed by atoms with Gasteiger partial charge in [-0.05, 0) is 37.0 Å². The quantitative estimate of drug-likeness (QED) is 0.586. The number of likely N-dealkylation sites (tertiary alicyclic amines) is 1. The fraction of sp³-hybridized carbons (Fsp3) is 0.318. The van der Waals surface area contributed by atoms with E-state index in [2.05, 4.69) is 20.4 Å². The second kappa shape index (κ2) is 9.48. The summed E-state index contributed by atoms with van der Waals surface area (Å²) in [7, 11) is 0. The predicted molar refractivity (Wildman–Crippen MR) is 114 cm³/mol. The van der Waals surface area contributed by atoms with Crippen molar-refractivity contribution in [3.8, 4) is 5.69 Å². The van der Waals surface area contributed by atoms with Gasteiger partial charge in [0.1, 0.15) is 18.7 Å². The van der Waals surface area contributed by atoms with Gasteiger partial charge >= 0.3 is 0 Å². The van der Waals surface area contributed by atoms with Gasteiger partial charge in [-0.25, -0.2) is 9.67 Å². The summed E-state index contributed by atoms with van der Waals surface area (Å²) in [4.78, 5) is 35.8. The zero-order chi connectivity index (χ0) is 21.6. The van der Waals surface area contributed by atoms with Crippen molar-refractivity contribution in [3.63, 3.8) is 0 Å². The molecular formula is C22H25N7O2. The van der Waals surface area contributed by atoms with Crippen LogP contribution in [0.5, 0.6) is 0 Å². The van der Waals surface area contributed by atoms with Crippen LogP contribution in [0.15, 0.2) is 61.3 Å². The summed E-state index contributed by atoms with van der Waals surface area (Å²) in [5.41, 5.74) is 8.59. The van der Waals surface area contributed by atoms with Gasteiger partial charge in [0.15, 0.2) is 0 Å². The number of nitrogens with one attached hydrogen (secondary N) is 1. The first-order chi connectivity index (χ1) is 15.1. The molecule has 2 aromatic heterocycles. The molecule has 1 saturated heterocycles. The van der Waals surface area contributed by atoms with Crippen LogP contribution in [0.25, 0.3) is 5.69 Å². The van der Waals surface area contributed by atoms with Gasteiger partial charge in [-0.2, -0.15) is 5.10 Å². The van der Waals surface area contributed by atoms with Crippen LogP contribution >= 0.6 is 0 Å². The average molecular weight is 419 g/mol. The van der Waals surface area contributed by atoms with E-state index in [1.54, 1.807) is 28.2 Å². The Hall–Kier alpha value is -3.59. The number of nitrogens with zero attached hydrogens (tertiary/aromatic N) is 5.